The number of unbranched alkanes of at least 4 members (excludes halogenated alkanes) is 1. The van der Waals surface area contributed by atoms with Crippen LogP contribution in [0.3, 0.4) is 0 Å². The van der Waals surface area contributed by atoms with E-state index in [4.69, 9.17) is 16.3 Å². The van der Waals surface area contributed by atoms with Gasteiger partial charge < -0.3 is 15.4 Å². The number of halogens is 1. The molecule has 0 heterocycles. The summed E-state index contributed by atoms with van der Waals surface area (Å²) >= 11 is 5.88. The molecule has 1 aromatic carbocycles. The lowest BCUT2D eigenvalue weighted by atomic mass is 10.1. The van der Waals surface area contributed by atoms with Crippen molar-refractivity contribution in [1.29, 1.82) is 0 Å². The van der Waals surface area contributed by atoms with Gasteiger partial charge in [0.2, 0.25) is 5.91 Å². The number of ether oxygens (including phenoxy) is 1. The molecule has 0 bridgehead atoms. The number of carbonyl (C=O) groups is 2. The van der Waals surface area contributed by atoms with Gasteiger partial charge in [0.05, 0.1) is 0 Å². The minimum absolute atomic E-state index is 0.0282. The Labute approximate surface area is 234 Å². The quantitative estimate of drug-likeness (QED) is 0.140. The van der Waals surface area contributed by atoms with Crippen molar-refractivity contribution in [1.82, 2.24) is 10.6 Å². The smallest absolute Gasteiger partial charge is 0.263 e. The number of hydrogen-bond acceptors (Lipinski definition) is 3. The molecule has 6 heteroatoms. The average Bonchev–Trinajstić information content (AvgIpc) is 2.89. The van der Waals surface area contributed by atoms with Gasteiger partial charge in [-0.05, 0) is 83.1 Å². The highest BCUT2D eigenvalue weighted by atomic mass is 35.5. The lowest BCUT2D eigenvalue weighted by Crippen LogP contribution is -2.48. The number of benzene rings is 1. The Morgan fingerprint density at radius 3 is 1.87 bits per heavy atom. The van der Waals surface area contributed by atoms with Crippen molar-refractivity contribution in [2.75, 3.05) is 13.1 Å². The van der Waals surface area contributed by atoms with Gasteiger partial charge in [0.1, 0.15) is 5.75 Å². The Bertz CT molecular complexity index is 944. The Kier molecular flexibility index (Phi) is 18.2. The SMILES string of the molecule is CC/C=C\C/C=C\C/C=C\C/C=C\CC/C=C\CCC(=O)NCCNC(=O)C(C)(C)Oc1ccc(Cl)cc1. The van der Waals surface area contributed by atoms with Crippen LogP contribution in [0, 0.1) is 0 Å². The van der Waals surface area contributed by atoms with Gasteiger partial charge in [-0.2, -0.15) is 0 Å². The van der Waals surface area contributed by atoms with Gasteiger partial charge in [0.15, 0.2) is 5.60 Å². The second-order valence-corrected chi connectivity index (χ2v) is 9.70. The zero-order valence-electron chi connectivity index (χ0n) is 23.3. The molecule has 38 heavy (non-hydrogen) atoms. The van der Waals surface area contributed by atoms with Crippen LogP contribution in [0.1, 0.15) is 72.1 Å². The molecule has 0 saturated heterocycles. The first-order valence-corrected chi connectivity index (χ1v) is 14.0. The number of hydrogen-bond donors (Lipinski definition) is 2. The van der Waals surface area contributed by atoms with E-state index in [0.29, 0.717) is 36.7 Å². The maximum Gasteiger partial charge on any atom is 0.263 e. The van der Waals surface area contributed by atoms with Crippen LogP contribution in [-0.4, -0.2) is 30.5 Å². The highest BCUT2D eigenvalue weighted by molar-refractivity contribution is 6.30. The summed E-state index contributed by atoms with van der Waals surface area (Å²) in [5.74, 6) is 0.284. The highest BCUT2D eigenvalue weighted by Crippen LogP contribution is 2.20. The molecule has 208 valence electrons. The topological polar surface area (TPSA) is 67.4 Å². The maximum absolute atomic E-state index is 12.4. The monoisotopic (exact) mass is 540 g/mol. The van der Waals surface area contributed by atoms with Crippen molar-refractivity contribution in [3.05, 3.63) is 90.0 Å². The third-order valence-corrected chi connectivity index (χ3v) is 5.64. The number of nitrogens with one attached hydrogen (secondary N) is 2. The molecule has 5 nitrogen and oxygen atoms in total. The molecule has 2 N–H and O–H groups in total. The standard InChI is InChI=1S/C32H45ClN2O3/c1-4-5-6-7-8-9-10-11-12-13-14-15-16-17-18-19-20-21-30(36)34-26-27-35-31(37)32(2,3)38-29-24-22-28(33)23-25-29/h5-6,8-9,11-12,14-15,18-19,22-25H,4,7,10,13,16-17,20-21,26-27H2,1-3H3,(H,34,36)(H,35,37)/b6-5-,9-8-,12-11-,15-14-,19-18-. The Hall–Kier alpha value is -3.05. The first kappa shape index (κ1) is 33.0. The van der Waals surface area contributed by atoms with E-state index in [0.717, 1.165) is 38.5 Å². The molecule has 0 aliphatic rings. The Morgan fingerprint density at radius 2 is 1.26 bits per heavy atom. The van der Waals surface area contributed by atoms with Gasteiger partial charge in [-0.25, -0.2) is 0 Å². The van der Waals surface area contributed by atoms with Gasteiger partial charge in [-0.15, -0.1) is 0 Å². The molecule has 0 aromatic heterocycles. The van der Waals surface area contributed by atoms with Crippen LogP contribution in [0.25, 0.3) is 0 Å². The van der Waals surface area contributed by atoms with Crippen LogP contribution in [0.5, 0.6) is 5.75 Å². The molecular weight excluding hydrogens is 496 g/mol. The summed E-state index contributed by atoms with van der Waals surface area (Å²) in [5.41, 5.74) is -1.04. The lowest BCUT2D eigenvalue weighted by molar-refractivity contribution is -0.134. The number of allylic oxidation sites excluding steroid dienone is 10. The first-order chi connectivity index (χ1) is 18.3. The summed E-state index contributed by atoms with van der Waals surface area (Å²) in [6, 6.07) is 6.86. The Balaban J connectivity index is 2.05. The second kappa shape index (κ2) is 20.9. The van der Waals surface area contributed by atoms with Crippen molar-refractivity contribution in [2.45, 2.75) is 77.7 Å². The fourth-order valence-electron chi connectivity index (χ4n) is 3.26. The van der Waals surface area contributed by atoms with Crippen molar-refractivity contribution >= 4 is 23.4 Å². The van der Waals surface area contributed by atoms with E-state index in [-0.39, 0.29) is 11.8 Å². The largest absolute Gasteiger partial charge is 0.478 e. The van der Waals surface area contributed by atoms with E-state index in [1.54, 1.807) is 38.1 Å². The molecule has 0 radical (unpaired) electrons. The molecule has 0 unspecified atom stereocenters. The summed E-state index contributed by atoms with van der Waals surface area (Å²) in [4.78, 5) is 24.4. The van der Waals surface area contributed by atoms with Crippen LogP contribution in [-0.2, 0) is 9.59 Å². The molecule has 0 spiro atoms. The first-order valence-electron chi connectivity index (χ1n) is 13.6. The summed E-state index contributed by atoms with van der Waals surface area (Å²) in [7, 11) is 0. The van der Waals surface area contributed by atoms with Crippen molar-refractivity contribution in [2.24, 2.45) is 0 Å². The minimum atomic E-state index is -1.04. The fourth-order valence-corrected chi connectivity index (χ4v) is 3.39. The van der Waals surface area contributed by atoms with Crippen molar-refractivity contribution < 1.29 is 14.3 Å². The zero-order chi connectivity index (χ0) is 27.9. The van der Waals surface area contributed by atoms with E-state index in [1.807, 2.05) is 6.08 Å². The van der Waals surface area contributed by atoms with Crippen LogP contribution in [0.15, 0.2) is 85.0 Å². The highest BCUT2D eigenvalue weighted by Gasteiger charge is 2.29. The third kappa shape index (κ3) is 17.4. The molecule has 0 aliphatic heterocycles. The maximum atomic E-state index is 12.4. The predicted octanol–water partition coefficient (Wildman–Crippen LogP) is 7.65. The zero-order valence-corrected chi connectivity index (χ0v) is 24.0. The van der Waals surface area contributed by atoms with Gasteiger partial charge >= 0.3 is 0 Å². The molecule has 0 fully saturated rings. The number of rotatable bonds is 19. The van der Waals surface area contributed by atoms with Crippen molar-refractivity contribution in [3.63, 3.8) is 0 Å². The van der Waals surface area contributed by atoms with Crippen LogP contribution in [0.4, 0.5) is 0 Å². The molecule has 1 aromatic rings. The van der Waals surface area contributed by atoms with Crippen LogP contribution < -0.4 is 15.4 Å². The van der Waals surface area contributed by atoms with Gasteiger partial charge in [0.25, 0.3) is 5.91 Å². The van der Waals surface area contributed by atoms with Gasteiger partial charge in [-0.3, -0.25) is 9.59 Å². The molecular formula is C32H45ClN2O3. The molecule has 2 amide bonds. The Morgan fingerprint density at radius 1 is 0.763 bits per heavy atom. The van der Waals surface area contributed by atoms with Gasteiger partial charge in [0, 0.05) is 24.5 Å². The van der Waals surface area contributed by atoms with E-state index >= 15 is 0 Å². The average molecular weight is 541 g/mol. The number of amides is 2. The van der Waals surface area contributed by atoms with Crippen LogP contribution in [0.2, 0.25) is 5.02 Å². The van der Waals surface area contributed by atoms with Gasteiger partial charge in [-0.1, -0.05) is 79.3 Å². The molecule has 0 atom stereocenters. The summed E-state index contributed by atoms with van der Waals surface area (Å²) in [5, 5.41) is 6.24. The van der Waals surface area contributed by atoms with E-state index in [9.17, 15) is 9.59 Å². The normalized spacial score (nSPS) is 12.4. The van der Waals surface area contributed by atoms with E-state index in [2.05, 4.69) is 72.2 Å². The lowest BCUT2D eigenvalue weighted by Gasteiger charge is -2.25. The minimum Gasteiger partial charge on any atom is -0.478 e. The van der Waals surface area contributed by atoms with Crippen LogP contribution >= 0.6 is 11.6 Å². The summed E-state index contributed by atoms with van der Waals surface area (Å²) in [6.45, 7) is 6.25. The molecule has 1 rings (SSSR count). The molecule has 0 saturated carbocycles. The molecule has 0 aliphatic carbocycles. The number of carbonyl (C=O) groups excluding carboxylic acids is 2. The van der Waals surface area contributed by atoms with Crippen molar-refractivity contribution in [3.8, 4) is 5.75 Å². The van der Waals surface area contributed by atoms with E-state index in [1.165, 1.54) is 0 Å². The summed E-state index contributed by atoms with van der Waals surface area (Å²) in [6.07, 6.45) is 28.9. The summed E-state index contributed by atoms with van der Waals surface area (Å²) < 4.78 is 5.76. The van der Waals surface area contributed by atoms with E-state index < -0.39 is 5.60 Å². The third-order valence-electron chi connectivity index (χ3n) is 5.39. The second-order valence-electron chi connectivity index (χ2n) is 9.26. The fraction of sp³-hybridized carbons (Fsp3) is 0.438. The predicted molar refractivity (Wildman–Crippen MR) is 160 cm³/mol.